The third-order valence-electron chi connectivity index (χ3n) is 3.67. The molecule has 21 heavy (non-hydrogen) atoms. The number of rotatable bonds is 2. The number of hydrogen-bond donors (Lipinski definition) is 1. The van der Waals surface area contributed by atoms with Crippen molar-refractivity contribution in [3.8, 4) is 11.1 Å². The highest BCUT2D eigenvalue weighted by atomic mass is 16.1. The van der Waals surface area contributed by atoms with Crippen LogP contribution >= 0.6 is 0 Å². The summed E-state index contributed by atoms with van der Waals surface area (Å²) in [6.45, 7) is 3.37. The molecule has 0 unspecified atom stereocenters. The van der Waals surface area contributed by atoms with Crippen molar-refractivity contribution >= 4 is 16.7 Å². The van der Waals surface area contributed by atoms with E-state index in [1.165, 1.54) is 6.92 Å². The Morgan fingerprint density at radius 1 is 1.00 bits per heavy atom. The van der Waals surface area contributed by atoms with E-state index in [0.717, 1.165) is 22.0 Å². The number of hydrogen-bond acceptors (Lipinski definition) is 2. The fraction of sp³-hybridized carbons (Fsp3) is 0.111. The van der Waals surface area contributed by atoms with E-state index in [1.54, 1.807) is 0 Å². The summed E-state index contributed by atoms with van der Waals surface area (Å²) < 4.78 is 0. The Kier molecular flexibility index (Phi) is 3.18. The third-order valence-corrected chi connectivity index (χ3v) is 3.67. The third kappa shape index (κ3) is 2.17. The number of aromatic amines is 1. The summed E-state index contributed by atoms with van der Waals surface area (Å²) in [4.78, 5) is 27.2. The van der Waals surface area contributed by atoms with Gasteiger partial charge in [-0.15, -0.1) is 0 Å². The van der Waals surface area contributed by atoms with E-state index >= 15 is 0 Å². The van der Waals surface area contributed by atoms with Crippen molar-refractivity contribution in [1.82, 2.24) is 4.98 Å². The van der Waals surface area contributed by atoms with Gasteiger partial charge in [-0.3, -0.25) is 9.59 Å². The maximum absolute atomic E-state index is 12.3. The molecule has 3 aromatic rings. The molecular weight excluding hydrogens is 262 g/mol. The number of nitrogens with one attached hydrogen (secondary N) is 1. The van der Waals surface area contributed by atoms with Crippen molar-refractivity contribution in [2.75, 3.05) is 0 Å². The zero-order chi connectivity index (χ0) is 15.0. The van der Waals surface area contributed by atoms with Gasteiger partial charge in [-0.05, 0) is 25.0 Å². The Morgan fingerprint density at radius 3 is 2.38 bits per heavy atom. The molecule has 3 nitrogen and oxygen atoms in total. The quantitative estimate of drug-likeness (QED) is 0.726. The van der Waals surface area contributed by atoms with Crippen molar-refractivity contribution in [3.05, 3.63) is 70.0 Å². The van der Waals surface area contributed by atoms with Crippen molar-refractivity contribution in [3.63, 3.8) is 0 Å². The topological polar surface area (TPSA) is 49.9 Å². The Hall–Kier alpha value is -2.68. The van der Waals surface area contributed by atoms with Gasteiger partial charge in [0.1, 0.15) is 0 Å². The van der Waals surface area contributed by atoms with E-state index in [1.807, 2.05) is 55.5 Å². The number of para-hydroxylation sites is 1. The summed E-state index contributed by atoms with van der Waals surface area (Å²) in [6.07, 6.45) is 0. The number of ketones is 1. The van der Waals surface area contributed by atoms with Crippen LogP contribution < -0.4 is 5.56 Å². The number of carbonyl (C=O) groups is 1. The monoisotopic (exact) mass is 277 g/mol. The smallest absolute Gasteiger partial charge is 0.259 e. The van der Waals surface area contributed by atoms with Crippen LogP contribution in [-0.4, -0.2) is 10.8 Å². The average molecular weight is 277 g/mol. The number of H-pyrrole nitrogens is 1. The molecule has 0 amide bonds. The predicted molar refractivity (Wildman–Crippen MR) is 84.7 cm³/mol. The van der Waals surface area contributed by atoms with E-state index in [2.05, 4.69) is 4.98 Å². The lowest BCUT2D eigenvalue weighted by molar-refractivity contribution is 0.101. The van der Waals surface area contributed by atoms with Crippen LogP contribution in [0.4, 0.5) is 0 Å². The highest BCUT2D eigenvalue weighted by Crippen LogP contribution is 2.30. The van der Waals surface area contributed by atoms with Crippen LogP contribution in [0.25, 0.3) is 22.0 Å². The molecule has 0 aliphatic heterocycles. The molecule has 1 heterocycles. The number of aromatic nitrogens is 1. The van der Waals surface area contributed by atoms with Gasteiger partial charge < -0.3 is 4.98 Å². The van der Waals surface area contributed by atoms with E-state index < -0.39 is 0 Å². The van der Waals surface area contributed by atoms with E-state index in [-0.39, 0.29) is 16.9 Å². The second-order valence-electron chi connectivity index (χ2n) is 5.12. The van der Waals surface area contributed by atoms with Gasteiger partial charge >= 0.3 is 0 Å². The van der Waals surface area contributed by atoms with Gasteiger partial charge in [-0.25, -0.2) is 0 Å². The summed E-state index contributed by atoms with van der Waals surface area (Å²) in [5.41, 5.74) is 3.25. The predicted octanol–water partition coefficient (Wildman–Crippen LogP) is 3.71. The molecule has 1 aromatic heterocycles. The zero-order valence-corrected chi connectivity index (χ0v) is 11.9. The fourth-order valence-electron chi connectivity index (χ4n) is 2.71. The molecule has 0 spiro atoms. The Labute approximate surface area is 122 Å². The Morgan fingerprint density at radius 2 is 1.71 bits per heavy atom. The average Bonchev–Trinajstić information content (AvgIpc) is 2.47. The first kappa shape index (κ1) is 13.3. The molecule has 0 radical (unpaired) electrons. The van der Waals surface area contributed by atoms with Crippen LogP contribution in [0.3, 0.4) is 0 Å². The number of aryl methyl sites for hydroxylation is 1. The van der Waals surface area contributed by atoms with Crippen molar-refractivity contribution in [2.45, 2.75) is 13.8 Å². The molecule has 104 valence electrons. The second-order valence-corrected chi connectivity index (χ2v) is 5.12. The van der Waals surface area contributed by atoms with Gasteiger partial charge in [-0.1, -0.05) is 48.5 Å². The first-order valence-electron chi connectivity index (χ1n) is 6.81. The van der Waals surface area contributed by atoms with E-state index in [4.69, 9.17) is 0 Å². The zero-order valence-electron chi connectivity index (χ0n) is 11.9. The maximum Gasteiger partial charge on any atom is 0.259 e. The lowest BCUT2D eigenvalue weighted by atomic mass is 9.93. The van der Waals surface area contributed by atoms with Crippen LogP contribution in [0, 0.1) is 6.92 Å². The summed E-state index contributed by atoms with van der Waals surface area (Å²) >= 11 is 0. The SMILES string of the molecule is CC(=O)c1c(-c2ccccc2)c2cccc(C)c2[nH]c1=O. The normalized spacial score (nSPS) is 10.8. The number of Topliss-reactive ketones (excluding diaryl/α,β-unsaturated/α-hetero) is 1. The van der Waals surface area contributed by atoms with E-state index in [9.17, 15) is 9.59 Å². The largest absolute Gasteiger partial charge is 0.321 e. The number of benzene rings is 2. The summed E-state index contributed by atoms with van der Waals surface area (Å²) in [6, 6.07) is 15.4. The van der Waals surface area contributed by atoms with Crippen LogP contribution in [-0.2, 0) is 0 Å². The molecule has 3 heteroatoms. The lowest BCUT2D eigenvalue weighted by Crippen LogP contribution is -2.18. The molecule has 0 bridgehead atoms. The molecule has 0 fully saturated rings. The molecule has 0 saturated heterocycles. The van der Waals surface area contributed by atoms with Gasteiger partial charge in [0, 0.05) is 10.9 Å². The number of carbonyl (C=O) groups excluding carboxylic acids is 1. The summed E-state index contributed by atoms with van der Waals surface area (Å²) in [5, 5.41) is 0.894. The van der Waals surface area contributed by atoms with Gasteiger partial charge in [0.25, 0.3) is 5.56 Å². The van der Waals surface area contributed by atoms with Gasteiger partial charge in [-0.2, -0.15) is 0 Å². The number of pyridine rings is 1. The molecular formula is C18H15NO2. The van der Waals surface area contributed by atoms with Crippen LogP contribution in [0.2, 0.25) is 0 Å². The molecule has 1 N–H and O–H groups in total. The Balaban J connectivity index is 2.55. The first-order chi connectivity index (χ1) is 10.1. The van der Waals surface area contributed by atoms with Crippen LogP contribution in [0.5, 0.6) is 0 Å². The minimum absolute atomic E-state index is 0.222. The highest BCUT2D eigenvalue weighted by molar-refractivity contribution is 6.08. The first-order valence-corrected chi connectivity index (χ1v) is 6.81. The molecule has 2 aromatic carbocycles. The maximum atomic E-state index is 12.3. The van der Waals surface area contributed by atoms with Crippen LogP contribution in [0.15, 0.2) is 53.3 Å². The summed E-state index contributed by atoms with van der Waals surface area (Å²) in [5.74, 6) is -0.224. The van der Waals surface area contributed by atoms with E-state index in [0.29, 0.717) is 5.56 Å². The van der Waals surface area contributed by atoms with Gasteiger partial charge in [0.2, 0.25) is 0 Å². The molecule has 0 atom stereocenters. The molecule has 0 aliphatic rings. The van der Waals surface area contributed by atoms with Gasteiger partial charge in [0.05, 0.1) is 11.1 Å². The molecule has 0 saturated carbocycles. The van der Waals surface area contributed by atoms with Gasteiger partial charge in [0.15, 0.2) is 5.78 Å². The Bertz CT molecular complexity index is 892. The molecule has 3 rings (SSSR count). The van der Waals surface area contributed by atoms with Crippen molar-refractivity contribution < 1.29 is 4.79 Å². The highest BCUT2D eigenvalue weighted by Gasteiger charge is 2.18. The van der Waals surface area contributed by atoms with Crippen molar-refractivity contribution in [1.29, 1.82) is 0 Å². The second kappa shape index (κ2) is 5.02. The van der Waals surface area contributed by atoms with Crippen LogP contribution in [0.1, 0.15) is 22.8 Å². The van der Waals surface area contributed by atoms with Crippen molar-refractivity contribution in [2.24, 2.45) is 0 Å². The lowest BCUT2D eigenvalue weighted by Gasteiger charge is -2.12. The standard InChI is InChI=1S/C18H15NO2/c1-11-7-6-10-14-16(13-8-4-3-5-9-13)15(12(2)20)18(21)19-17(11)14/h3-10H,1-2H3,(H,19,21). The minimum Gasteiger partial charge on any atom is -0.321 e. The minimum atomic E-state index is -0.330. The molecule has 0 aliphatic carbocycles. The summed E-state index contributed by atoms with van der Waals surface area (Å²) in [7, 11) is 0. The number of fused-ring (bicyclic) bond motifs is 1. The fourth-order valence-corrected chi connectivity index (χ4v) is 2.71.